The lowest BCUT2D eigenvalue weighted by Crippen LogP contribution is -2.09. The molecule has 1 rings (SSSR count). The molecule has 0 unspecified atom stereocenters. The Hall–Kier alpha value is -1.07. The lowest BCUT2D eigenvalue weighted by atomic mass is 10.2. The van der Waals surface area contributed by atoms with E-state index in [4.69, 9.17) is 5.11 Å². The average molecular weight is 231 g/mol. The third kappa shape index (κ3) is 6.09. The molecule has 0 saturated carbocycles. The van der Waals surface area contributed by atoms with Crippen LogP contribution < -0.4 is 4.72 Å². The maximum absolute atomic E-state index is 10.8. The van der Waals surface area contributed by atoms with Gasteiger partial charge in [-0.2, -0.15) is 0 Å². The molecule has 0 aliphatic rings. The Labute approximate surface area is 91.0 Å². The molecule has 0 aromatic heterocycles. The molecule has 0 saturated heterocycles. The topological polar surface area (TPSA) is 66.4 Å². The van der Waals surface area contributed by atoms with Gasteiger partial charge in [-0.1, -0.05) is 26.0 Å². The van der Waals surface area contributed by atoms with Crippen molar-refractivity contribution in [3.63, 3.8) is 0 Å². The maximum Gasteiger partial charge on any atom is 0.229 e. The van der Waals surface area contributed by atoms with E-state index >= 15 is 0 Å². The van der Waals surface area contributed by atoms with Crippen molar-refractivity contribution in [2.24, 2.45) is 0 Å². The van der Waals surface area contributed by atoms with E-state index < -0.39 is 10.0 Å². The number of aliphatic hydroxyl groups excluding tert-OH is 1. The molecule has 1 aromatic rings. The lowest BCUT2D eigenvalue weighted by Gasteiger charge is -2.04. The van der Waals surface area contributed by atoms with Crippen molar-refractivity contribution in [3.05, 3.63) is 29.8 Å². The van der Waals surface area contributed by atoms with E-state index in [1.54, 1.807) is 24.3 Å². The molecule has 0 heterocycles. The van der Waals surface area contributed by atoms with E-state index in [1.807, 2.05) is 13.8 Å². The second-order valence-corrected chi connectivity index (χ2v) is 4.48. The van der Waals surface area contributed by atoms with Crippen LogP contribution in [0.3, 0.4) is 0 Å². The second-order valence-electron chi connectivity index (χ2n) is 2.73. The summed E-state index contributed by atoms with van der Waals surface area (Å²) in [7, 11) is -3.23. The first-order valence-corrected chi connectivity index (χ1v) is 6.58. The van der Waals surface area contributed by atoms with E-state index in [-0.39, 0.29) is 6.61 Å². The third-order valence-electron chi connectivity index (χ3n) is 1.41. The maximum atomic E-state index is 10.8. The Bertz CT molecular complexity index is 387. The van der Waals surface area contributed by atoms with Crippen LogP contribution in [-0.2, 0) is 16.6 Å². The molecule has 1 aromatic carbocycles. The highest BCUT2D eigenvalue weighted by atomic mass is 32.2. The van der Waals surface area contributed by atoms with Gasteiger partial charge in [-0.25, -0.2) is 8.42 Å². The highest BCUT2D eigenvalue weighted by Gasteiger charge is 2.01. The zero-order valence-electron chi connectivity index (χ0n) is 9.19. The predicted molar refractivity (Wildman–Crippen MR) is 62.2 cm³/mol. The van der Waals surface area contributed by atoms with E-state index in [2.05, 4.69) is 4.72 Å². The van der Waals surface area contributed by atoms with Crippen LogP contribution in [0, 0.1) is 0 Å². The van der Waals surface area contributed by atoms with Crippen LogP contribution in [0.1, 0.15) is 19.4 Å². The standard InChI is InChI=1S/C8H11NO3S.C2H6/c1-13(11,12)9-8-4-2-3-7(5-8)6-10;1-2/h2-5,9-10H,6H2,1H3;1-2H3. The summed E-state index contributed by atoms with van der Waals surface area (Å²) in [5, 5.41) is 8.78. The molecule has 4 nitrogen and oxygen atoms in total. The summed E-state index contributed by atoms with van der Waals surface area (Å²) in [6.45, 7) is 3.90. The number of anilines is 1. The summed E-state index contributed by atoms with van der Waals surface area (Å²) >= 11 is 0. The Balaban J connectivity index is 0.000000921. The predicted octanol–water partition coefficient (Wildman–Crippen LogP) is 1.58. The molecule has 0 spiro atoms. The van der Waals surface area contributed by atoms with Crippen LogP contribution in [0.15, 0.2) is 24.3 Å². The summed E-state index contributed by atoms with van der Waals surface area (Å²) in [4.78, 5) is 0. The highest BCUT2D eigenvalue weighted by molar-refractivity contribution is 7.92. The zero-order valence-corrected chi connectivity index (χ0v) is 10.0. The molecule has 0 aliphatic heterocycles. The second kappa shape index (κ2) is 6.42. The molecule has 15 heavy (non-hydrogen) atoms. The quantitative estimate of drug-likeness (QED) is 0.830. The van der Waals surface area contributed by atoms with Gasteiger partial charge < -0.3 is 5.11 Å². The fraction of sp³-hybridized carbons (Fsp3) is 0.400. The Morgan fingerprint density at radius 1 is 1.33 bits per heavy atom. The number of benzene rings is 1. The lowest BCUT2D eigenvalue weighted by molar-refractivity contribution is 0.282. The molecule has 0 aliphatic carbocycles. The largest absolute Gasteiger partial charge is 0.392 e. The van der Waals surface area contributed by atoms with Crippen molar-refractivity contribution in [3.8, 4) is 0 Å². The van der Waals surface area contributed by atoms with Crippen LogP contribution in [0.4, 0.5) is 5.69 Å². The summed E-state index contributed by atoms with van der Waals surface area (Å²) < 4.78 is 24.0. The average Bonchev–Trinajstić information content (AvgIpc) is 2.19. The SMILES string of the molecule is CC.CS(=O)(=O)Nc1cccc(CO)c1. The Kier molecular flexibility index (Phi) is 5.96. The number of rotatable bonds is 3. The Morgan fingerprint density at radius 3 is 2.40 bits per heavy atom. The first kappa shape index (κ1) is 13.9. The van der Waals surface area contributed by atoms with E-state index in [1.165, 1.54) is 0 Å². The molecule has 2 N–H and O–H groups in total. The van der Waals surface area contributed by atoms with Crippen LogP contribution in [0.25, 0.3) is 0 Å². The van der Waals surface area contributed by atoms with Crippen LogP contribution >= 0.6 is 0 Å². The number of nitrogens with one attached hydrogen (secondary N) is 1. The number of hydrogen-bond donors (Lipinski definition) is 2. The molecule has 5 heteroatoms. The van der Waals surface area contributed by atoms with Gasteiger partial charge >= 0.3 is 0 Å². The first-order valence-electron chi connectivity index (χ1n) is 4.69. The van der Waals surface area contributed by atoms with Gasteiger partial charge in [-0.05, 0) is 17.7 Å². The van der Waals surface area contributed by atoms with Gasteiger partial charge in [0.25, 0.3) is 0 Å². The van der Waals surface area contributed by atoms with Crippen molar-refractivity contribution >= 4 is 15.7 Å². The first-order chi connectivity index (χ1) is 7.01. The molecular formula is C10H17NO3S. The Morgan fingerprint density at radius 2 is 1.93 bits per heavy atom. The van der Waals surface area contributed by atoms with Crippen molar-refractivity contribution in [2.75, 3.05) is 11.0 Å². The van der Waals surface area contributed by atoms with Gasteiger partial charge in [-0.15, -0.1) is 0 Å². The fourth-order valence-electron chi connectivity index (χ4n) is 0.947. The van der Waals surface area contributed by atoms with Crippen LogP contribution in [0.2, 0.25) is 0 Å². The normalized spacial score (nSPS) is 10.1. The smallest absolute Gasteiger partial charge is 0.229 e. The molecule has 0 atom stereocenters. The van der Waals surface area contributed by atoms with Crippen molar-refractivity contribution in [2.45, 2.75) is 20.5 Å². The minimum Gasteiger partial charge on any atom is -0.392 e. The molecular weight excluding hydrogens is 214 g/mol. The minimum absolute atomic E-state index is 0.0979. The van der Waals surface area contributed by atoms with Crippen molar-refractivity contribution < 1.29 is 13.5 Å². The zero-order chi connectivity index (χ0) is 11.9. The molecule has 0 fully saturated rings. The fourth-order valence-corrected chi connectivity index (χ4v) is 1.50. The minimum atomic E-state index is -3.23. The summed E-state index contributed by atoms with van der Waals surface area (Å²) in [6.07, 6.45) is 1.08. The molecule has 0 bridgehead atoms. The van der Waals surface area contributed by atoms with Crippen LogP contribution in [-0.4, -0.2) is 19.8 Å². The van der Waals surface area contributed by atoms with Gasteiger partial charge in [0.05, 0.1) is 12.9 Å². The number of hydrogen-bond acceptors (Lipinski definition) is 3. The third-order valence-corrected chi connectivity index (χ3v) is 2.02. The van der Waals surface area contributed by atoms with Gasteiger partial charge in [0, 0.05) is 5.69 Å². The molecule has 0 amide bonds. The van der Waals surface area contributed by atoms with Gasteiger partial charge in [0.2, 0.25) is 10.0 Å². The van der Waals surface area contributed by atoms with Crippen LogP contribution in [0.5, 0.6) is 0 Å². The van der Waals surface area contributed by atoms with Gasteiger partial charge in [-0.3, -0.25) is 4.72 Å². The number of sulfonamides is 1. The van der Waals surface area contributed by atoms with Gasteiger partial charge in [0.1, 0.15) is 0 Å². The van der Waals surface area contributed by atoms with E-state index in [0.717, 1.165) is 6.26 Å². The number of aliphatic hydroxyl groups is 1. The van der Waals surface area contributed by atoms with E-state index in [9.17, 15) is 8.42 Å². The summed E-state index contributed by atoms with van der Waals surface area (Å²) in [5.41, 5.74) is 1.14. The summed E-state index contributed by atoms with van der Waals surface area (Å²) in [5.74, 6) is 0. The molecule has 0 radical (unpaired) electrons. The molecule has 86 valence electrons. The highest BCUT2D eigenvalue weighted by Crippen LogP contribution is 2.11. The van der Waals surface area contributed by atoms with Crippen molar-refractivity contribution in [1.29, 1.82) is 0 Å². The van der Waals surface area contributed by atoms with Crippen molar-refractivity contribution in [1.82, 2.24) is 0 Å². The van der Waals surface area contributed by atoms with Gasteiger partial charge in [0.15, 0.2) is 0 Å². The monoisotopic (exact) mass is 231 g/mol. The summed E-state index contributed by atoms with van der Waals surface area (Å²) in [6, 6.07) is 6.60. The van der Waals surface area contributed by atoms with E-state index in [0.29, 0.717) is 11.3 Å².